The number of para-hydroxylation sites is 3. The second kappa shape index (κ2) is 9.87. The summed E-state index contributed by atoms with van der Waals surface area (Å²) < 4.78 is 32.2. The first-order chi connectivity index (χ1) is 15.1. The lowest BCUT2D eigenvalue weighted by molar-refractivity contribution is -0.120. The summed E-state index contributed by atoms with van der Waals surface area (Å²) in [4.78, 5) is 12.8. The van der Waals surface area contributed by atoms with Crippen LogP contribution in [0.5, 0.6) is 11.5 Å². The summed E-state index contributed by atoms with van der Waals surface area (Å²) in [6.07, 6.45) is 1.08. The fourth-order valence-corrected chi connectivity index (χ4v) is 4.14. The highest BCUT2D eigenvalue weighted by atomic mass is 32.2. The molecular formula is C25H28N2O4S. The Morgan fingerprint density at radius 2 is 1.62 bits per heavy atom. The van der Waals surface area contributed by atoms with Crippen molar-refractivity contribution in [1.29, 1.82) is 0 Å². The van der Waals surface area contributed by atoms with E-state index < -0.39 is 15.9 Å². The Labute approximate surface area is 189 Å². The van der Waals surface area contributed by atoms with E-state index in [1.165, 1.54) is 5.56 Å². The van der Waals surface area contributed by atoms with Gasteiger partial charge in [0, 0.05) is 0 Å². The lowest BCUT2D eigenvalue weighted by Gasteiger charge is -2.25. The van der Waals surface area contributed by atoms with Crippen molar-refractivity contribution in [3.8, 4) is 11.5 Å². The monoisotopic (exact) mass is 452 g/mol. The van der Waals surface area contributed by atoms with Crippen LogP contribution in [0, 0.1) is 13.8 Å². The number of hydrogen-bond acceptors (Lipinski definition) is 4. The Hall–Kier alpha value is -3.32. The number of carbonyl (C=O) groups is 1. The molecule has 0 fully saturated rings. The lowest BCUT2D eigenvalue weighted by atomic mass is 10.0. The SMILES string of the molecule is Cc1ccc(C(C)NC(=O)CN(c2ccccc2Oc2ccccc2)S(C)(=O)=O)cc1C. The van der Waals surface area contributed by atoms with Gasteiger partial charge in [-0.15, -0.1) is 0 Å². The van der Waals surface area contributed by atoms with E-state index in [9.17, 15) is 13.2 Å². The molecule has 0 aliphatic heterocycles. The van der Waals surface area contributed by atoms with E-state index in [1.54, 1.807) is 36.4 Å². The van der Waals surface area contributed by atoms with Gasteiger partial charge in [0.05, 0.1) is 18.0 Å². The summed E-state index contributed by atoms with van der Waals surface area (Å²) in [5.74, 6) is 0.510. The summed E-state index contributed by atoms with van der Waals surface area (Å²) in [6.45, 7) is 5.56. The fourth-order valence-electron chi connectivity index (χ4n) is 3.28. The minimum atomic E-state index is -3.75. The number of anilines is 1. The van der Waals surface area contributed by atoms with Crippen LogP contribution < -0.4 is 14.4 Å². The Kier molecular flexibility index (Phi) is 7.20. The predicted octanol–water partition coefficient (Wildman–Crippen LogP) is 4.74. The summed E-state index contributed by atoms with van der Waals surface area (Å²) in [6, 6.07) is 21.6. The molecule has 0 radical (unpaired) electrons. The summed E-state index contributed by atoms with van der Waals surface area (Å²) in [7, 11) is -3.75. The largest absolute Gasteiger partial charge is 0.455 e. The van der Waals surface area contributed by atoms with Gasteiger partial charge in [-0.2, -0.15) is 0 Å². The maximum atomic E-state index is 12.8. The summed E-state index contributed by atoms with van der Waals surface area (Å²) in [5, 5.41) is 2.90. The highest BCUT2D eigenvalue weighted by Gasteiger charge is 2.25. The molecule has 3 aromatic rings. The molecule has 7 heteroatoms. The van der Waals surface area contributed by atoms with Crippen LogP contribution in [0.2, 0.25) is 0 Å². The van der Waals surface area contributed by atoms with Gasteiger partial charge in [0.15, 0.2) is 5.75 Å². The van der Waals surface area contributed by atoms with E-state index in [4.69, 9.17) is 4.74 Å². The lowest BCUT2D eigenvalue weighted by Crippen LogP contribution is -2.41. The third-order valence-corrected chi connectivity index (χ3v) is 6.33. The topological polar surface area (TPSA) is 75.7 Å². The number of nitrogens with zero attached hydrogens (tertiary/aromatic N) is 1. The van der Waals surface area contributed by atoms with Gasteiger partial charge in [-0.1, -0.05) is 48.5 Å². The van der Waals surface area contributed by atoms with Crippen molar-refractivity contribution in [1.82, 2.24) is 5.32 Å². The average molecular weight is 453 g/mol. The second-order valence-corrected chi connectivity index (χ2v) is 9.69. The molecule has 1 amide bonds. The van der Waals surface area contributed by atoms with E-state index in [0.717, 1.165) is 21.7 Å². The van der Waals surface area contributed by atoms with E-state index in [0.29, 0.717) is 17.2 Å². The van der Waals surface area contributed by atoms with Crippen LogP contribution in [0.15, 0.2) is 72.8 Å². The maximum absolute atomic E-state index is 12.8. The maximum Gasteiger partial charge on any atom is 0.241 e. The quantitative estimate of drug-likeness (QED) is 0.536. The molecule has 168 valence electrons. The first-order valence-corrected chi connectivity index (χ1v) is 12.2. The van der Waals surface area contributed by atoms with Gasteiger partial charge in [0.2, 0.25) is 15.9 Å². The smallest absolute Gasteiger partial charge is 0.241 e. The van der Waals surface area contributed by atoms with Gasteiger partial charge in [-0.25, -0.2) is 8.42 Å². The molecule has 0 aliphatic carbocycles. The molecule has 1 unspecified atom stereocenters. The number of sulfonamides is 1. The van der Waals surface area contributed by atoms with Crippen LogP contribution in [0.3, 0.4) is 0 Å². The van der Waals surface area contributed by atoms with Crippen LogP contribution in [-0.2, 0) is 14.8 Å². The number of ether oxygens (including phenoxy) is 1. The number of nitrogens with one attached hydrogen (secondary N) is 1. The molecule has 0 bridgehead atoms. The van der Waals surface area contributed by atoms with E-state index in [1.807, 2.05) is 57.2 Å². The summed E-state index contributed by atoms with van der Waals surface area (Å²) in [5.41, 5.74) is 3.56. The van der Waals surface area contributed by atoms with Gasteiger partial charge in [-0.05, 0) is 61.7 Å². The Bertz CT molecular complexity index is 1190. The molecule has 0 saturated heterocycles. The number of aryl methyl sites for hydroxylation is 2. The molecule has 32 heavy (non-hydrogen) atoms. The molecule has 0 saturated carbocycles. The van der Waals surface area contributed by atoms with Gasteiger partial charge in [0.1, 0.15) is 12.3 Å². The molecule has 0 spiro atoms. The fraction of sp³-hybridized carbons (Fsp3) is 0.240. The van der Waals surface area contributed by atoms with Crippen LogP contribution in [0.25, 0.3) is 0 Å². The minimum absolute atomic E-state index is 0.265. The highest BCUT2D eigenvalue weighted by Crippen LogP contribution is 2.33. The van der Waals surface area contributed by atoms with E-state index >= 15 is 0 Å². The molecule has 0 aromatic heterocycles. The predicted molar refractivity (Wildman–Crippen MR) is 128 cm³/mol. The third kappa shape index (κ3) is 5.88. The number of benzene rings is 3. The number of amides is 1. The van der Waals surface area contributed by atoms with E-state index in [2.05, 4.69) is 5.32 Å². The molecule has 0 heterocycles. The van der Waals surface area contributed by atoms with Gasteiger partial charge in [-0.3, -0.25) is 9.10 Å². The van der Waals surface area contributed by atoms with Crippen LogP contribution in [0.4, 0.5) is 5.69 Å². The summed E-state index contributed by atoms with van der Waals surface area (Å²) >= 11 is 0. The molecule has 6 nitrogen and oxygen atoms in total. The number of hydrogen-bond donors (Lipinski definition) is 1. The van der Waals surface area contributed by atoms with E-state index in [-0.39, 0.29) is 12.6 Å². The zero-order valence-corrected chi connectivity index (χ0v) is 19.5. The number of rotatable bonds is 8. The van der Waals surface area contributed by atoms with Gasteiger partial charge >= 0.3 is 0 Å². The van der Waals surface area contributed by atoms with Crippen molar-refractivity contribution < 1.29 is 17.9 Å². The zero-order chi connectivity index (χ0) is 23.3. The Morgan fingerprint density at radius 1 is 0.969 bits per heavy atom. The first-order valence-electron chi connectivity index (χ1n) is 10.3. The molecule has 3 rings (SSSR count). The number of carbonyl (C=O) groups excluding carboxylic acids is 1. The molecule has 0 aliphatic rings. The highest BCUT2D eigenvalue weighted by molar-refractivity contribution is 7.92. The van der Waals surface area contributed by atoms with Crippen LogP contribution in [-0.4, -0.2) is 27.1 Å². The molecule has 1 N–H and O–H groups in total. The second-order valence-electron chi connectivity index (χ2n) is 7.79. The van der Waals surface area contributed by atoms with Crippen molar-refractivity contribution in [3.63, 3.8) is 0 Å². The van der Waals surface area contributed by atoms with Gasteiger partial charge < -0.3 is 10.1 Å². The minimum Gasteiger partial charge on any atom is -0.455 e. The van der Waals surface area contributed by atoms with Crippen LogP contribution in [0.1, 0.15) is 29.7 Å². The standard InChI is InChI=1S/C25H28N2O4S/c1-18-14-15-21(16-19(18)2)20(3)26-25(28)17-27(32(4,29)30)23-12-8-9-13-24(23)31-22-10-6-5-7-11-22/h5-16,20H,17H2,1-4H3,(H,26,28). The third-order valence-electron chi connectivity index (χ3n) is 5.20. The zero-order valence-electron chi connectivity index (χ0n) is 18.7. The average Bonchev–Trinajstić information content (AvgIpc) is 2.74. The Morgan fingerprint density at radius 3 is 2.28 bits per heavy atom. The molecular weight excluding hydrogens is 424 g/mol. The first kappa shape index (κ1) is 23.3. The van der Waals surface area contributed by atoms with Gasteiger partial charge in [0.25, 0.3) is 0 Å². The Balaban J connectivity index is 1.82. The molecule has 1 atom stereocenters. The van der Waals surface area contributed by atoms with Crippen molar-refractivity contribution >= 4 is 21.6 Å². The van der Waals surface area contributed by atoms with Crippen molar-refractivity contribution in [3.05, 3.63) is 89.5 Å². The molecule has 3 aromatic carbocycles. The normalized spacial score (nSPS) is 12.1. The van der Waals surface area contributed by atoms with Crippen molar-refractivity contribution in [2.24, 2.45) is 0 Å². The van der Waals surface area contributed by atoms with Crippen molar-refractivity contribution in [2.45, 2.75) is 26.8 Å². The van der Waals surface area contributed by atoms with Crippen LogP contribution >= 0.6 is 0 Å². The van der Waals surface area contributed by atoms with Crippen molar-refractivity contribution in [2.75, 3.05) is 17.1 Å².